The number of benzene rings is 2. The summed E-state index contributed by atoms with van der Waals surface area (Å²) in [7, 11) is -3.69. The molecule has 0 aliphatic heterocycles. The van der Waals surface area contributed by atoms with E-state index in [4.69, 9.17) is 11.6 Å². The number of carbonyl (C=O) groups is 1. The fourth-order valence-electron chi connectivity index (χ4n) is 2.71. The lowest BCUT2D eigenvalue weighted by molar-refractivity contribution is -0.143. The van der Waals surface area contributed by atoms with Crippen LogP contribution >= 0.6 is 11.6 Å². The van der Waals surface area contributed by atoms with Crippen molar-refractivity contribution >= 4 is 27.3 Å². The van der Waals surface area contributed by atoms with Crippen molar-refractivity contribution in [1.29, 1.82) is 0 Å². The highest BCUT2D eigenvalue weighted by molar-refractivity contribution is 7.91. The van der Waals surface area contributed by atoms with Crippen LogP contribution in [0.3, 0.4) is 0 Å². The minimum atomic E-state index is -4.88. The lowest BCUT2D eigenvalue weighted by Gasteiger charge is -2.13. The number of alkyl halides is 3. The Hall–Kier alpha value is -2.85. The molecular weight excluding hydrogens is 443 g/mol. The first kappa shape index (κ1) is 21.8. The van der Waals surface area contributed by atoms with E-state index in [9.17, 15) is 26.4 Å². The van der Waals surface area contributed by atoms with Crippen molar-refractivity contribution < 1.29 is 26.4 Å². The van der Waals surface area contributed by atoms with E-state index < -0.39 is 38.9 Å². The highest BCUT2D eigenvalue weighted by atomic mass is 35.5. The van der Waals surface area contributed by atoms with E-state index in [1.54, 1.807) is 18.2 Å². The number of hydrogen-bond donors (Lipinski definition) is 1. The third kappa shape index (κ3) is 4.82. The van der Waals surface area contributed by atoms with Gasteiger partial charge < -0.3 is 5.32 Å². The molecule has 1 amide bonds. The predicted molar refractivity (Wildman–Crippen MR) is 104 cm³/mol. The first-order valence-corrected chi connectivity index (χ1v) is 10.6. The molecule has 1 N–H and O–H groups in total. The van der Waals surface area contributed by atoms with E-state index >= 15 is 0 Å². The van der Waals surface area contributed by atoms with Crippen molar-refractivity contribution in [1.82, 2.24) is 15.1 Å². The Morgan fingerprint density at radius 3 is 2.30 bits per heavy atom. The number of nitrogens with zero attached hydrogens (tertiary/aromatic N) is 2. The van der Waals surface area contributed by atoms with Crippen LogP contribution in [0.15, 0.2) is 65.7 Å². The van der Waals surface area contributed by atoms with E-state index in [2.05, 4.69) is 10.4 Å². The third-order valence-electron chi connectivity index (χ3n) is 4.11. The second kappa shape index (κ2) is 8.49. The van der Waals surface area contributed by atoms with Crippen molar-refractivity contribution in [2.45, 2.75) is 11.1 Å². The highest BCUT2D eigenvalue weighted by Gasteiger charge is 2.40. The number of hydrogen-bond acceptors (Lipinski definition) is 4. The molecule has 0 atom stereocenters. The Bertz CT molecular complexity index is 1150. The molecule has 0 aliphatic rings. The molecule has 1 heterocycles. The van der Waals surface area contributed by atoms with Crippen LogP contribution in [0.1, 0.15) is 16.1 Å². The van der Waals surface area contributed by atoms with Crippen molar-refractivity contribution in [2.24, 2.45) is 0 Å². The largest absolute Gasteiger partial charge is 0.434 e. The van der Waals surface area contributed by atoms with Gasteiger partial charge in [-0.3, -0.25) is 4.79 Å². The summed E-state index contributed by atoms with van der Waals surface area (Å²) in [6, 6.07) is 13.0. The van der Waals surface area contributed by atoms with Gasteiger partial charge in [-0.1, -0.05) is 29.8 Å². The topological polar surface area (TPSA) is 81.1 Å². The van der Waals surface area contributed by atoms with E-state index in [-0.39, 0.29) is 17.1 Å². The van der Waals surface area contributed by atoms with E-state index in [1.807, 2.05) is 0 Å². The summed E-state index contributed by atoms with van der Waals surface area (Å²) in [4.78, 5) is 12.4. The van der Waals surface area contributed by atoms with E-state index in [1.165, 1.54) is 36.4 Å². The van der Waals surface area contributed by atoms with Crippen LogP contribution in [0.4, 0.5) is 13.2 Å². The first-order chi connectivity index (χ1) is 14.1. The Labute approximate surface area is 175 Å². The van der Waals surface area contributed by atoms with Gasteiger partial charge in [-0.15, -0.1) is 0 Å². The van der Waals surface area contributed by atoms with Gasteiger partial charge in [0.15, 0.2) is 15.5 Å². The van der Waals surface area contributed by atoms with Crippen LogP contribution in [0.5, 0.6) is 0 Å². The van der Waals surface area contributed by atoms with Crippen LogP contribution < -0.4 is 5.32 Å². The van der Waals surface area contributed by atoms with E-state index in [0.29, 0.717) is 9.70 Å². The summed E-state index contributed by atoms with van der Waals surface area (Å²) in [5, 5.41) is 6.23. The Morgan fingerprint density at radius 1 is 1.07 bits per heavy atom. The molecule has 0 saturated carbocycles. The average molecular weight is 458 g/mol. The standard InChI is InChI=1S/C19H15ClF3N3O3S/c20-13-6-8-14(9-7-13)26-17(19(21,22)23)16(12-25-26)18(27)24-10-11-30(28,29)15-4-2-1-3-5-15/h1-9,12H,10-11H2,(H,24,27). The van der Waals surface area contributed by atoms with Gasteiger partial charge in [0.2, 0.25) is 0 Å². The summed E-state index contributed by atoms with van der Waals surface area (Å²) in [5.41, 5.74) is -1.92. The molecule has 0 saturated heterocycles. The van der Waals surface area contributed by atoms with Crippen LogP contribution in [0.2, 0.25) is 5.02 Å². The van der Waals surface area contributed by atoms with Crippen molar-refractivity contribution in [3.63, 3.8) is 0 Å². The summed E-state index contributed by atoms with van der Waals surface area (Å²) in [6.45, 7) is -0.362. The van der Waals surface area contributed by atoms with Crippen molar-refractivity contribution in [3.05, 3.63) is 77.1 Å². The summed E-state index contributed by atoms with van der Waals surface area (Å²) >= 11 is 5.76. The normalized spacial score (nSPS) is 12.0. The molecule has 3 aromatic rings. The molecule has 0 fully saturated rings. The number of carbonyl (C=O) groups excluding carboxylic acids is 1. The number of nitrogens with one attached hydrogen (secondary N) is 1. The minimum absolute atomic E-state index is 0.0609. The third-order valence-corrected chi connectivity index (χ3v) is 6.10. The smallest absolute Gasteiger partial charge is 0.351 e. The number of rotatable bonds is 6. The molecular formula is C19H15ClF3N3O3S. The molecule has 30 heavy (non-hydrogen) atoms. The van der Waals surface area contributed by atoms with Gasteiger partial charge >= 0.3 is 6.18 Å². The zero-order valence-electron chi connectivity index (χ0n) is 15.2. The molecule has 2 aromatic carbocycles. The lowest BCUT2D eigenvalue weighted by atomic mass is 10.2. The molecule has 3 rings (SSSR count). The molecule has 0 aliphatic carbocycles. The molecule has 11 heteroatoms. The van der Waals surface area contributed by atoms with Gasteiger partial charge in [0.05, 0.1) is 28.1 Å². The Balaban J connectivity index is 1.80. The highest BCUT2D eigenvalue weighted by Crippen LogP contribution is 2.33. The summed E-state index contributed by atoms with van der Waals surface area (Å²) in [6.07, 6.45) is -4.09. The molecule has 0 unspecified atom stereocenters. The summed E-state index contributed by atoms with van der Waals surface area (Å²) in [5.74, 6) is -1.54. The monoisotopic (exact) mass is 457 g/mol. The second-order valence-corrected chi connectivity index (χ2v) is 8.73. The molecule has 0 bridgehead atoms. The molecule has 0 spiro atoms. The molecule has 158 valence electrons. The number of halogens is 4. The number of sulfone groups is 1. The van der Waals surface area contributed by atoms with Crippen LogP contribution in [0.25, 0.3) is 5.69 Å². The quantitative estimate of drug-likeness (QED) is 0.611. The predicted octanol–water partition coefficient (Wildman–Crippen LogP) is 3.75. The van der Waals surface area contributed by atoms with Gasteiger partial charge in [-0.05, 0) is 36.4 Å². The fourth-order valence-corrected chi connectivity index (χ4v) is 4.01. The van der Waals surface area contributed by atoms with Crippen LogP contribution in [-0.2, 0) is 16.0 Å². The van der Waals surface area contributed by atoms with Gasteiger partial charge in [0.25, 0.3) is 5.91 Å². The van der Waals surface area contributed by atoms with Crippen molar-refractivity contribution in [2.75, 3.05) is 12.3 Å². The van der Waals surface area contributed by atoms with Crippen LogP contribution in [0, 0.1) is 0 Å². The Morgan fingerprint density at radius 2 is 1.70 bits per heavy atom. The molecule has 6 nitrogen and oxygen atoms in total. The first-order valence-electron chi connectivity index (χ1n) is 8.57. The zero-order chi connectivity index (χ0) is 21.9. The maximum Gasteiger partial charge on any atom is 0.434 e. The van der Waals surface area contributed by atoms with Gasteiger partial charge in [0, 0.05) is 11.6 Å². The Kier molecular flexibility index (Phi) is 6.18. The minimum Gasteiger partial charge on any atom is -0.351 e. The average Bonchev–Trinajstić information content (AvgIpc) is 3.15. The maximum atomic E-state index is 13.6. The zero-order valence-corrected chi connectivity index (χ0v) is 16.8. The van der Waals surface area contributed by atoms with Gasteiger partial charge in [-0.25, -0.2) is 13.1 Å². The lowest BCUT2D eigenvalue weighted by Crippen LogP contribution is -2.30. The van der Waals surface area contributed by atoms with Crippen molar-refractivity contribution in [3.8, 4) is 5.69 Å². The molecule has 0 radical (unpaired) electrons. The van der Waals surface area contributed by atoms with Gasteiger partial charge in [-0.2, -0.15) is 18.3 Å². The fraction of sp³-hybridized carbons (Fsp3) is 0.158. The maximum absolute atomic E-state index is 13.6. The van der Waals surface area contributed by atoms with Crippen LogP contribution in [-0.4, -0.2) is 36.4 Å². The number of amides is 1. The SMILES string of the molecule is O=C(NCCS(=O)(=O)c1ccccc1)c1cnn(-c2ccc(Cl)cc2)c1C(F)(F)F. The molecule has 1 aromatic heterocycles. The number of aromatic nitrogens is 2. The second-order valence-electron chi connectivity index (χ2n) is 6.18. The summed E-state index contributed by atoms with van der Waals surface area (Å²) < 4.78 is 66.0. The van der Waals surface area contributed by atoms with E-state index in [0.717, 1.165) is 6.20 Å². The van der Waals surface area contributed by atoms with Gasteiger partial charge in [0.1, 0.15) is 0 Å².